The van der Waals surface area contributed by atoms with Crippen LogP contribution < -0.4 is 11.0 Å². The van der Waals surface area contributed by atoms with Gasteiger partial charge in [-0.3, -0.25) is 9.36 Å². The molecule has 0 unspecified atom stereocenters. The zero-order valence-corrected chi connectivity index (χ0v) is 11.9. The maximum Gasteiger partial charge on any atom is 0.326 e. The minimum atomic E-state index is -0.527. The third-order valence-electron chi connectivity index (χ3n) is 3.37. The van der Waals surface area contributed by atoms with Crippen molar-refractivity contribution in [3.8, 4) is 0 Å². The Hall–Kier alpha value is -2.89. The Morgan fingerprint density at radius 2 is 2.05 bits per heavy atom. The molecule has 5 nitrogen and oxygen atoms in total. The van der Waals surface area contributed by atoms with Gasteiger partial charge in [0.15, 0.2) is 0 Å². The average Bonchev–Trinajstić information content (AvgIpc) is 2.78. The number of fused-ring (bicyclic) bond motifs is 1. The van der Waals surface area contributed by atoms with Crippen LogP contribution in [0, 0.1) is 5.82 Å². The Labute approximate surface area is 125 Å². The van der Waals surface area contributed by atoms with Crippen molar-refractivity contribution in [3.63, 3.8) is 0 Å². The molecule has 0 radical (unpaired) electrons. The van der Waals surface area contributed by atoms with Gasteiger partial charge in [0.25, 0.3) is 0 Å². The standard InChI is InChI=1S/C16H14FN3O2/c1-10(21)18-13-7-6-11(8-12(13)17)9-20-15-5-3-2-4-14(15)19-16(20)22/h2-8H,9H2,1H3,(H,18,21)(H,19,22). The molecule has 0 bridgehead atoms. The molecule has 6 heteroatoms. The summed E-state index contributed by atoms with van der Waals surface area (Å²) in [5, 5.41) is 2.41. The van der Waals surface area contributed by atoms with Crippen LogP contribution in [-0.4, -0.2) is 15.5 Å². The van der Waals surface area contributed by atoms with Gasteiger partial charge in [0.2, 0.25) is 5.91 Å². The molecule has 0 aliphatic rings. The molecular weight excluding hydrogens is 285 g/mol. The van der Waals surface area contributed by atoms with E-state index < -0.39 is 5.82 Å². The van der Waals surface area contributed by atoms with Crippen molar-refractivity contribution in [2.45, 2.75) is 13.5 Å². The highest BCUT2D eigenvalue weighted by Gasteiger charge is 2.09. The van der Waals surface area contributed by atoms with Crippen molar-refractivity contribution in [3.05, 3.63) is 64.3 Å². The Balaban J connectivity index is 1.95. The first-order chi connectivity index (χ1) is 10.5. The molecule has 0 spiro atoms. The number of nitrogens with zero attached hydrogens (tertiary/aromatic N) is 1. The predicted octanol–water partition coefficient (Wildman–Crippen LogP) is 2.48. The van der Waals surface area contributed by atoms with Crippen molar-refractivity contribution in [1.29, 1.82) is 0 Å². The van der Waals surface area contributed by atoms with E-state index in [1.807, 2.05) is 24.3 Å². The second kappa shape index (κ2) is 5.48. The summed E-state index contributed by atoms with van der Waals surface area (Å²) < 4.78 is 15.5. The number of benzene rings is 2. The van der Waals surface area contributed by atoms with Crippen LogP contribution in [0.2, 0.25) is 0 Å². The smallest absolute Gasteiger partial charge is 0.324 e. The number of rotatable bonds is 3. The molecule has 22 heavy (non-hydrogen) atoms. The summed E-state index contributed by atoms with van der Waals surface area (Å²) in [5.41, 5.74) is 2.02. The number of carbonyl (C=O) groups is 1. The van der Waals surface area contributed by atoms with E-state index in [9.17, 15) is 14.0 Å². The third kappa shape index (κ3) is 2.63. The number of amides is 1. The first-order valence-corrected chi connectivity index (χ1v) is 6.78. The summed E-state index contributed by atoms with van der Waals surface area (Å²) in [7, 11) is 0. The third-order valence-corrected chi connectivity index (χ3v) is 3.37. The molecule has 1 heterocycles. The molecule has 0 aliphatic carbocycles. The average molecular weight is 299 g/mol. The van der Waals surface area contributed by atoms with Crippen molar-refractivity contribution < 1.29 is 9.18 Å². The first-order valence-electron chi connectivity index (χ1n) is 6.78. The number of anilines is 1. The van der Waals surface area contributed by atoms with Crippen LogP contribution in [0.15, 0.2) is 47.3 Å². The Bertz CT molecular complexity index is 911. The summed E-state index contributed by atoms with van der Waals surface area (Å²) in [6, 6.07) is 11.8. The van der Waals surface area contributed by atoms with Crippen LogP contribution in [0.25, 0.3) is 11.0 Å². The van der Waals surface area contributed by atoms with E-state index in [0.29, 0.717) is 5.56 Å². The van der Waals surface area contributed by atoms with E-state index >= 15 is 0 Å². The van der Waals surface area contributed by atoms with E-state index in [2.05, 4.69) is 10.3 Å². The number of para-hydroxylation sites is 2. The number of aromatic nitrogens is 2. The van der Waals surface area contributed by atoms with Crippen molar-refractivity contribution in [2.24, 2.45) is 0 Å². The van der Waals surface area contributed by atoms with E-state index in [-0.39, 0.29) is 23.8 Å². The van der Waals surface area contributed by atoms with Crippen LogP contribution >= 0.6 is 0 Å². The zero-order valence-electron chi connectivity index (χ0n) is 11.9. The molecule has 0 saturated carbocycles. The number of imidazole rings is 1. The van der Waals surface area contributed by atoms with Gasteiger partial charge >= 0.3 is 5.69 Å². The summed E-state index contributed by atoms with van der Waals surface area (Å²) in [6.45, 7) is 1.57. The fourth-order valence-electron chi connectivity index (χ4n) is 2.39. The van der Waals surface area contributed by atoms with Gasteiger partial charge in [0.05, 0.1) is 23.3 Å². The van der Waals surface area contributed by atoms with Crippen LogP contribution in [0.3, 0.4) is 0 Å². The van der Waals surface area contributed by atoms with Gasteiger partial charge in [0, 0.05) is 6.92 Å². The largest absolute Gasteiger partial charge is 0.326 e. The lowest BCUT2D eigenvalue weighted by Crippen LogP contribution is -2.17. The normalized spacial score (nSPS) is 10.8. The predicted molar refractivity (Wildman–Crippen MR) is 82.4 cm³/mol. The number of aromatic amines is 1. The fourth-order valence-corrected chi connectivity index (χ4v) is 2.39. The molecule has 0 aliphatic heterocycles. The molecule has 0 fully saturated rings. The summed E-state index contributed by atoms with van der Waals surface area (Å²) in [4.78, 5) is 25.7. The van der Waals surface area contributed by atoms with Crippen molar-refractivity contribution >= 4 is 22.6 Å². The Kier molecular flexibility index (Phi) is 3.50. The summed E-state index contributed by atoms with van der Waals surface area (Å²) >= 11 is 0. The van der Waals surface area contributed by atoms with Gasteiger partial charge in [0.1, 0.15) is 5.82 Å². The molecule has 0 atom stereocenters. The number of hydrogen-bond donors (Lipinski definition) is 2. The van der Waals surface area contributed by atoms with Gasteiger partial charge in [-0.25, -0.2) is 9.18 Å². The van der Waals surface area contributed by atoms with Crippen LogP contribution in [0.4, 0.5) is 10.1 Å². The van der Waals surface area contributed by atoms with Crippen LogP contribution in [-0.2, 0) is 11.3 Å². The summed E-state index contributed by atoms with van der Waals surface area (Å²) in [6.07, 6.45) is 0. The van der Waals surface area contributed by atoms with Gasteiger partial charge < -0.3 is 10.3 Å². The van der Waals surface area contributed by atoms with Gasteiger partial charge in [-0.1, -0.05) is 18.2 Å². The van der Waals surface area contributed by atoms with Gasteiger partial charge in [-0.05, 0) is 29.8 Å². The SMILES string of the molecule is CC(=O)Nc1ccc(Cn2c(=O)[nH]c3ccccc32)cc1F. The molecule has 3 aromatic rings. The Morgan fingerprint density at radius 1 is 1.27 bits per heavy atom. The maximum absolute atomic E-state index is 13.9. The lowest BCUT2D eigenvalue weighted by Gasteiger charge is -2.07. The van der Waals surface area contributed by atoms with Crippen molar-refractivity contribution in [2.75, 3.05) is 5.32 Å². The highest BCUT2D eigenvalue weighted by atomic mass is 19.1. The topological polar surface area (TPSA) is 66.9 Å². The van der Waals surface area contributed by atoms with E-state index in [0.717, 1.165) is 11.0 Å². The number of carbonyl (C=O) groups excluding carboxylic acids is 1. The molecule has 1 amide bonds. The monoisotopic (exact) mass is 299 g/mol. The quantitative estimate of drug-likeness (QED) is 0.780. The molecule has 0 saturated heterocycles. The minimum absolute atomic E-state index is 0.127. The highest BCUT2D eigenvalue weighted by molar-refractivity contribution is 5.88. The lowest BCUT2D eigenvalue weighted by atomic mass is 10.2. The van der Waals surface area contributed by atoms with Crippen LogP contribution in [0.5, 0.6) is 0 Å². The lowest BCUT2D eigenvalue weighted by molar-refractivity contribution is -0.114. The molecule has 112 valence electrons. The maximum atomic E-state index is 13.9. The fraction of sp³-hybridized carbons (Fsp3) is 0.125. The minimum Gasteiger partial charge on any atom is -0.324 e. The number of nitrogens with one attached hydrogen (secondary N) is 2. The molecule has 3 rings (SSSR count). The second-order valence-electron chi connectivity index (χ2n) is 5.03. The van der Waals surface area contributed by atoms with E-state index in [1.54, 1.807) is 10.6 Å². The van der Waals surface area contributed by atoms with Crippen LogP contribution in [0.1, 0.15) is 12.5 Å². The van der Waals surface area contributed by atoms with Gasteiger partial charge in [-0.15, -0.1) is 0 Å². The van der Waals surface area contributed by atoms with Crippen molar-refractivity contribution in [1.82, 2.24) is 9.55 Å². The number of hydrogen-bond acceptors (Lipinski definition) is 2. The summed E-state index contributed by atoms with van der Waals surface area (Å²) in [5.74, 6) is -0.861. The Morgan fingerprint density at radius 3 is 2.77 bits per heavy atom. The second-order valence-corrected chi connectivity index (χ2v) is 5.03. The van der Waals surface area contributed by atoms with E-state index in [1.165, 1.54) is 19.1 Å². The molecular formula is C16H14FN3O2. The number of halogens is 1. The highest BCUT2D eigenvalue weighted by Crippen LogP contribution is 2.17. The molecule has 2 aromatic carbocycles. The van der Waals surface area contributed by atoms with Gasteiger partial charge in [-0.2, -0.15) is 0 Å². The number of H-pyrrole nitrogens is 1. The molecule has 1 aromatic heterocycles. The first kappa shape index (κ1) is 14.1. The van der Waals surface area contributed by atoms with E-state index in [4.69, 9.17) is 0 Å². The zero-order chi connectivity index (χ0) is 15.7. The molecule has 2 N–H and O–H groups in total.